The highest BCUT2D eigenvalue weighted by molar-refractivity contribution is 5.60. The van der Waals surface area contributed by atoms with Crippen molar-refractivity contribution in [2.75, 3.05) is 5.32 Å². The number of nitrogens with one attached hydrogen (secondary N) is 1. The van der Waals surface area contributed by atoms with Crippen LogP contribution >= 0.6 is 0 Å². The van der Waals surface area contributed by atoms with Crippen LogP contribution in [0.5, 0.6) is 0 Å². The molecule has 0 amide bonds. The molecule has 134 valence electrons. The summed E-state index contributed by atoms with van der Waals surface area (Å²) < 4.78 is 2.00. The molecule has 0 unspecified atom stereocenters. The highest BCUT2D eigenvalue weighted by Crippen LogP contribution is 2.23. The summed E-state index contributed by atoms with van der Waals surface area (Å²) >= 11 is 0. The van der Waals surface area contributed by atoms with Crippen molar-refractivity contribution in [3.63, 3.8) is 0 Å². The van der Waals surface area contributed by atoms with E-state index in [1.54, 1.807) is 6.20 Å². The highest BCUT2D eigenvalue weighted by atomic mass is 15.2. The van der Waals surface area contributed by atoms with Crippen LogP contribution < -0.4 is 5.32 Å². The maximum Gasteiger partial charge on any atom is 0.229 e. The van der Waals surface area contributed by atoms with Crippen LogP contribution in [-0.2, 0) is 0 Å². The van der Waals surface area contributed by atoms with Gasteiger partial charge >= 0.3 is 0 Å². The third-order valence-electron chi connectivity index (χ3n) is 4.22. The zero-order valence-electron chi connectivity index (χ0n) is 15.6. The maximum atomic E-state index is 4.70. The Labute approximate surface area is 158 Å². The number of imidazole rings is 1. The van der Waals surface area contributed by atoms with Crippen molar-refractivity contribution < 1.29 is 0 Å². The number of aromatic nitrogens is 4. The topological polar surface area (TPSA) is 55.6 Å². The molecule has 0 saturated heterocycles. The second-order valence-electron chi connectivity index (χ2n) is 6.68. The van der Waals surface area contributed by atoms with Crippen LogP contribution in [0.1, 0.15) is 16.8 Å². The summed E-state index contributed by atoms with van der Waals surface area (Å²) in [5.74, 6) is 2.20. The van der Waals surface area contributed by atoms with E-state index in [-0.39, 0.29) is 0 Å². The fourth-order valence-electron chi connectivity index (χ4n) is 3.18. The van der Waals surface area contributed by atoms with Gasteiger partial charge in [0.1, 0.15) is 11.6 Å². The minimum Gasteiger partial charge on any atom is -0.324 e. The van der Waals surface area contributed by atoms with Gasteiger partial charge < -0.3 is 5.32 Å². The van der Waals surface area contributed by atoms with Crippen molar-refractivity contribution in [1.29, 1.82) is 0 Å². The van der Waals surface area contributed by atoms with Gasteiger partial charge in [-0.05, 0) is 50.1 Å². The minimum absolute atomic E-state index is 0.558. The van der Waals surface area contributed by atoms with Gasteiger partial charge in [-0.3, -0.25) is 4.57 Å². The number of benzene rings is 2. The van der Waals surface area contributed by atoms with Crippen molar-refractivity contribution in [1.82, 2.24) is 19.5 Å². The molecule has 0 spiro atoms. The van der Waals surface area contributed by atoms with Gasteiger partial charge in [0.15, 0.2) is 0 Å². The molecule has 2 aromatic heterocycles. The van der Waals surface area contributed by atoms with Gasteiger partial charge in [0.05, 0.1) is 5.69 Å². The zero-order valence-corrected chi connectivity index (χ0v) is 15.6. The van der Waals surface area contributed by atoms with E-state index in [4.69, 9.17) is 4.98 Å². The molecule has 0 radical (unpaired) electrons. The summed E-state index contributed by atoms with van der Waals surface area (Å²) in [5, 5.41) is 3.31. The number of rotatable bonds is 4. The molecule has 0 bridgehead atoms. The zero-order chi connectivity index (χ0) is 18.8. The lowest BCUT2D eigenvalue weighted by molar-refractivity contribution is 0.982. The summed E-state index contributed by atoms with van der Waals surface area (Å²) in [7, 11) is 0. The van der Waals surface area contributed by atoms with Gasteiger partial charge in [0.25, 0.3) is 0 Å². The van der Waals surface area contributed by atoms with Crippen molar-refractivity contribution in [2.45, 2.75) is 20.8 Å². The Morgan fingerprint density at radius 3 is 2.33 bits per heavy atom. The third kappa shape index (κ3) is 3.72. The first-order chi connectivity index (χ1) is 13.1. The number of hydrogen-bond acceptors (Lipinski definition) is 4. The average molecular weight is 355 g/mol. The molecule has 4 rings (SSSR count). The Balaban J connectivity index is 1.71. The standard InChI is InChI=1S/C22H21N5/c1-15-11-16(2)13-19(12-15)25-22-23-10-9-20(26-22)27-14-17(3)24-21(27)18-7-5-4-6-8-18/h4-14H,1-3H3,(H,23,25,26). The summed E-state index contributed by atoms with van der Waals surface area (Å²) in [6, 6.07) is 18.3. The predicted molar refractivity (Wildman–Crippen MR) is 109 cm³/mol. The number of aryl methyl sites for hydroxylation is 3. The molecular formula is C22H21N5. The van der Waals surface area contributed by atoms with Crippen LogP contribution in [0.4, 0.5) is 11.6 Å². The molecule has 27 heavy (non-hydrogen) atoms. The molecule has 2 aromatic carbocycles. The first kappa shape index (κ1) is 17.0. The van der Waals surface area contributed by atoms with E-state index >= 15 is 0 Å². The Hall–Kier alpha value is -3.47. The Morgan fingerprint density at radius 2 is 1.59 bits per heavy atom. The van der Waals surface area contributed by atoms with E-state index in [0.717, 1.165) is 28.6 Å². The molecule has 0 aliphatic carbocycles. The van der Waals surface area contributed by atoms with Crippen LogP contribution in [0.25, 0.3) is 17.2 Å². The quantitative estimate of drug-likeness (QED) is 0.560. The second-order valence-corrected chi connectivity index (χ2v) is 6.68. The molecule has 5 heteroatoms. The first-order valence-electron chi connectivity index (χ1n) is 8.89. The Kier molecular flexibility index (Phi) is 4.42. The normalized spacial score (nSPS) is 10.8. The first-order valence-corrected chi connectivity index (χ1v) is 8.89. The average Bonchev–Trinajstić information content (AvgIpc) is 3.04. The molecule has 2 heterocycles. The van der Waals surface area contributed by atoms with Crippen LogP contribution in [0.15, 0.2) is 67.0 Å². The lowest BCUT2D eigenvalue weighted by Gasteiger charge is -2.10. The fraction of sp³-hybridized carbons (Fsp3) is 0.136. The van der Waals surface area contributed by atoms with Crippen LogP contribution in [-0.4, -0.2) is 19.5 Å². The summed E-state index contributed by atoms with van der Waals surface area (Å²) in [6.45, 7) is 6.14. The molecule has 1 N–H and O–H groups in total. The van der Waals surface area contributed by atoms with Gasteiger partial charge in [-0.15, -0.1) is 0 Å². The molecule has 0 atom stereocenters. The van der Waals surface area contributed by atoms with E-state index in [0.29, 0.717) is 5.95 Å². The van der Waals surface area contributed by atoms with Crippen molar-refractivity contribution in [2.24, 2.45) is 0 Å². The fourth-order valence-corrected chi connectivity index (χ4v) is 3.18. The SMILES string of the molecule is Cc1cc(C)cc(Nc2nccc(-n3cc(C)nc3-c3ccccc3)n2)c1. The molecule has 0 aliphatic rings. The van der Waals surface area contributed by atoms with E-state index in [2.05, 4.69) is 47.3 Å². The van der Waals surface area contributed by atoms with Crippen molar-refractivity contribution in [3.05, 3.63) is 83.8 Å². The van der Waals surface area contributed by atoms with E-state index in [1.807, 2.05) is 54.1 Å². The van der Waals surface area contributed by atoms with Crippen molar-refractivity contribution >= 4 is 11.6 Å². The molecular weight excluding hydrogens is 334 g/mol. The summed E-state index contributed by atoms with van der Waals surface area (Å²) in [5.41, 5.74) is 5.37. The Bertz CT molecular complexity index is 1060. The lowest BCUT2D eigenvalue weighted by Crippen LogP contribution is -2.03. The predicted octanol–water partition coefficient (Wildman–Crippen LogP) is 5.00. The largest absolute Gasteiger partial charge is 0.324 e. The number of nitrogens with zero attached hydrogens (tertiary/aromatic N) is 4. The third-order valence-corrected chi connectivity index (χ3v) is 4.22. The maximum absolute atomic E-state index is 4.70. The number of anilines is 2. The molecule has 4 aromatic rings. The molecule has 0 fully saturated rings. The van der Waals surface area contributed by atoms with Gasteiger partial charge in [0, 0.05) is 23.6 Å². The number of hydrogen-bond donors (Lipinski definition) is 1. The van der Waals surface area contributed by atoms with Gasteiger partial charge in [-0.1, -0.05) is 36.4 Å². The summed E-state index contributed by atoms with van der Waals surface area (Å²) in [4.78, 5) is 13.7. The molecule has 0 saturated carbocycles. The van der Waals surface area contributed by atoms with Gasteiger partial charge in [-0.25, -0.2) is 9.97 Å². The highest BCUT2D eigenvalue weighted by Gasteiger charge is 2.11. The van der Waals surface area contributed by atoms with Gasteiger partial charge in [-0.2, -0.15) is 4.98 Å². The van der Waals surface area contributed by atoms with Crippen molar-refractivity contribution in [3.8, 4) is 17.2 Å². The monoisotopic (exact) mass is 355 g/mol. The molecule has 5 nitrogen and oxygen atoms in total. The van der Waals surface area contributed by atoms with Gasteiger partial charge in [0.2, 0.25) is 5.95 Å². The van der Waals surface area contributed by atoms with Crippen LogP contribution in [0.2, 0.25) is 0 Å². The summed E-state index contributed by atoms with van der Waals surface area (Å²) in [6.07, 6.45) is 3.75. The lowest BCUT2D eigenvalue weighted by atomic mass is 10.1. The minimum atomic E-state index is 0.558. The van der Waals surface area contributed by atoms with E-state index in [9.17, 15) is 0 Å². The van der Waals surface area contributed by atoms with Crippen LogP contribution in [0, 0.1) is 20.8 Å². The second kappa shape index (κ2) is 7.03. The molecule has 0 aliphatic heterocycles. The van der Waals surface area contributed by atoms with Crippen LogP contribution in [0.3, 0.4) is 0 Å². The smallest absolute Gasteiger partial charge is 0.229 e. The van der Waals surface area contributed by atoms with E-state index in [1.165, 1.54) is 11.1 Å². The van der Waals surface area contributed by atoms with E-state index < -0.39 is 0 Å². The Morgan fingerprint density at radius 1 is 0.852 bits per heavy atom.